The molecule has 0 atom stereocenters. The number of hydrogen-bond acceptors (Lipinski definition) is 3. The number of carbonyl (C=O) groups excluding carboxylic acids is 1. The molecule has 20 heavy (non-hydrogen) atoms. The number of nitrogens with two attached hydrogens (primary N) is 1. The Kier molecular flexibility index (Phi) is 4.19. The molecule has 0 aliphatic heterocycles. The van der Waals surface area contributed by atoms with Crippen molar-refractivity contribution in [2.75, 3.05) is 0 Å². The Morgan fingerprint density at radius 2 is 1.60 bits per heavy atom. The lowest BCUT2D eigenvalue weighted by atomic mass is 9.99. The molecule has 0 radical (unpaired) electrons. The molecule has 2 rings (SSSR count). The lowest BCUT2D eigenvalue weighted by molar-refractivity contribution is 0.103. The van der Waals surface area contributed by atoms with Crippen LogP contribution in [0.15, 0.2) is 60.2 Å². The summed E-state index contributed by atoms with van der Waals surface area (Å²) in [4.78, 5) is 12.3. The normalized spacial score (nSPS) is 11.4. The molecule has 2 N–H and O–H groups in total. The van der Waals surface area contributed by atoms with Gasteiger partial charge in [-0.05, 0) is 17.7 Å². The van der Waals surface area contributed by atoms with Crippen LogP contribution in [0.2, 0.25) is 5.02 Å². The van der Waals surface area contributed by atoms with Crippen molar-refractivity contribution in [2.24, 2.45) is 5.73 Å². The summed E-state index contributed by atoms with van der Waals surface area (Å²) in [6.45, 7) is 0. The van der Waals surface area contributed by atoms with Crippen molar-refractivity contribution in [1.29, 1.82) is 5.26 Å². The predicted molar refractivity (Wildman–Crippen MR) is 78.9 cm³/mol. The van der Waals surface area contributed by atoms with E-state index in [1.807, 2.05) is 6.07 Å². The van der Waals surface area contributed by atoms with Crippen LogP contribution in [0, 0.1) is 11.3 Å². The zero-order chi connectivity index (χ0) is 14.5. The summed E-state index contributed by atoms with van der Waals surface area (Å²) in [5.74, 6) is -0.388. The first-order valence-electron chi connectivity index (χ1n) is 5.89. The molecular formula is C16H11ClN2O. The summed E-state index contributed by atoms with van der Waals surface area (Å²) in [5.41, 5.74) is 7.04. The van der Waals surface area contributed by atoms with E-state index < -0.39 is 0 Å². The number of nitrogens with zero attached hydrogens (tertiary/aromatic N) is 1. The fourth-order valence-electron chi connectivity index (χ4n) is 1.74. The van der Waals surface area contributed by atoms with E-state index in [4.69, 9.17) is 17.3 Å². The Morgan fingerprint density at radius 1 is 1.00 bits per heavy atom. The maximum Gasteiger partial charge on any atom is 0.205 e. The van der Waals surface area contributed by atoms with Crippen molar-refractivity contribution in [1.82, 2.24) is 0 Å². The Morgan fingerprint density at radius 3 is 2.15 bits per heavy atom. The lowest BCUT2D eigenvalue weighted by Gasteiger charge is -2.05. The molecule has 4 heteroatoms. The van der Waals surface area contributed by atoms with E-state index in [-0.39, 0.29) is 17.1 Å². The maximum absolute atomic E-state index is 12.3. The number of carbonyl (C=O) groups is 1. The van der Waals surface area contributed by atoms with E-state index in [0.717, 1.165) is 0 Å². The Bertz CT molecular complexity index is 698. The van der Waals surface area contributed by atoms with Gasteiger partial charge in [0.05, 0.1) is 5.70 Å². The van der Waals surface area contributed by atoms with E-state index in [9.17, 15) is 10.1 Å². The summed E-state index contributed by atoms with van der Waals surface area (Å²) in [6.07, 6.45) is 0. The van der Waals surface area contributed by atoms with Gasteiger partial charge in [0.15, 0.2) is 0 Å². The molecule has 2 aromatic carbocycles. The molecule has 3 nitrogen and oxygen atoms in total. The molecule has 0 aliphatic rings. The zero-order valence-electron chi connectivity index (χ0n) is 10.5. The fraction of sp³-hybridized carbons (Fsp3) is 0. The molecule has 0 spiro atoms. The second-order valence-corrected chi connectivity index (χ2v) is 4.54. The van der Waals surface area contributed by atoms with E-state index in [1.54, 1.807) is 54.6 Å². The predicted octanol–water partition coefficient (Wildman–Crippen LogP) is 3.42. The van der Waals surface area contributed by atoms with Gasteiger partial charge in [0, 0.05) is 10.6 Å². The quantitative estimate of drug-likeness (QED) is 0.533. The molecule has 0 bridgehead atoms. The second-order valence-electron chi connectivity index (χ2n) is 4.10. The highest BCUT2D eigenvalue weighted by Gasteiger charge is 2.16. The van der Waals surface area contributed by atoms with Crippen LogP contribution in [-0.4, -0.2) is 5.78 Å². The van der Waals surface area contributed by atoms with Crippen molar-refractivity contribution in [2.45, 2.75) is 0 Å². The third-order valence-corrected chi connectivity index (χ3v) is 3.05. The third-order valence-electron chi connectivity index (χ3n) is 2.80. The first-order valence-corrected chi connectivity index (χ1v) is 6.27. The number of hydrogen-bond donors (Lipinski definition) is 1. The molecule has 0 aromatic heterocycles. The summed E-state index contributed by atoms with van der Waals surface area (Å²) in [7, 11) is 0. The van der Waals surface area contributed by atoms with Crippen LogP contribution in [0.1, 0.15) is 15.9 Å². The molecular weight excluding hydrogens is 272 g/mol. The van der Waals surface area contributed by atoms with Gasteiger partial charge < -0.3 is 5.73 Å². The number of ketones is 1. The second kappa shape index (κ2) is 6.05. The molecule has 2 aromatic rings. The van der Waals surface area contributed by atoms with Crippen molar-refractivity contribution < 1.29 is 4.79 Å². The zero-order valence-corrected chi connectivity index (χ0v) is 11.3. The van der Waals surface area contributed by atoms with Crippen LogP contribution >= 0.6 is 11.6 Å². The number of Topliss-reactive ketones (excluding diaryl/α,β-unsaturated/α-hetero) is 1. The van der Waals surface area contributed by atoms with Crippen LogP contribution in [0.4, 0.5) is 0 Å². The van der Waals surface area contributed by atoms with Crippen molar-refractivity contribution in [3.05, 3.63) is 76.3 Å². The van der Waals surface area contributed by atoms with Crippen LogP contribution < -0.4 is 5.73 Å². The summed E-state index contributed by atoms with van der Waals surface area (Å²) >= 11 is 5.80. The average molecular weight is 283 g/mol. The SMILES string of the molecule is N#CC(C(=O)c1ccccc1)=C(N)c1ccc(Cl)cc1. The monoisotopic (exact) mass is 282 g/mol. The smallest absolute Gasteiger partial charge is 0.205 e. The van der Waals surface area contributed by atoms with Gasteiger partial charge in [-0.1, -0.05) is 54.1 Å². The highest BCUT2D eigenvalue weighted by atomic mass is 35.5. The topological polar surface area (TPSA) is 66.9 Å². The van der Waals surface area contributed by atoms with Gasteiger partial charge in [-0.15, -0.1) is 0 Å². The van der Waals surface area contributed by atoms with Crippen molar-refractivity contribution >= 4 is 23.1 Å². The third kappa shape index (κ3) is 2.87. The van der Waals surface area contributed by atoms with Gasteiger partial charge in [0.1, 0.15) is 11.6 Å². The molecule has 0 unspecified atom stereocenters. The minimum absolute atomic E-state index is 0.0708. The molecule has 0 amide bonds. The minimum Gasteiger partial charge on any atom is -0.397 e. The summed E-state index contributed by atoms with van der Waals surface area (Å²) in [5, 5.41) is 9.77. The molecule has 0 saturated heterocycles. The van der Waals surface area contributed by atoms with Crippen LogP contribution in [0.5, 0.6) is 0 Å². The highest BCUT2D eigenvalue weighted by Crippen LogP contribution is 2.19. The summed E-state index contributed by atoms with van der Waals surface area (Å²) in [6, 6.07) is 17.1. The molecule has 0 fully saturated rings. The molecule has 98 valence electrons. The Labute approximate surface area is 121 Å². The van der Waals surface area contributed by atoms with Gasteiger partial charge in [0.2, 0.25) is 5.78 Å². The standard InChI is InChI=1S/C16H11ClN2O/c17-13-8-6-11(7-9-13)15(19)14(10-18)16(20)12-4-2-1-3-5-12/h1-9H,19H2. The summed E-state index contributed by atoms with van der Waals surface area (Å²) < 4.78 is 0. The molecule has 0 saturated carbocycles. The number of rotatable bonds is 3. The lowest BCUT2D eigenvalue weighted by Crippen LogP contribution is -2.09. The van der Waals surface area contributed by atoms with Crippen LogP contribution in [0.3, 0.4) is 0 Å². The average Bonchev–Trinajstić information content (AvgIpc) is 2.49. The number of nitriles is 1. The van der Waals surface area contributed by atoms with Crippen molar-refractivity contribution in [3.63, 3.8) is 0 Å². The van der Waals surface area contributed by atoms with E-state index >= 15 is 0 Å². The Balaban J connectivity index is 2.46. The number of benzene rings is 2. The van der Waals surface area contributed by atoms with Gasteiger partial charge >= 0.3 is 0 Å². The van der Waals surface area contributed by atoms with Gasteiger partial charge in [-0.2, -0.15) is 5.26 Å². The van der Waals surface area contributed by atoms with Gasteiger partial charge in [-0.25, -0.2) is 0 Å². The van der Waals surface area contributed by atoms with Crippen molar-refractivity contribution in [3.8, 4) is 6.07 Å². The van der Waals surface area contributed by atoms with E-state index in [2.05, 4.69) is 0 Å². The number of allylic oxidation sites excluding steroid dienone is 1. The van der Waals surface area contributed by atoms with E-state index in [0.29, 0.717) is 16.1 Å². The van der Waals surface area contributed by atoms with E-state index in [1.165, 1.54) is 0 Å². The minimum atomic E-state index is -0.388. The molecule has 0 heterocycles. The first kappa shape index (κ1) is 13.9. The van der Waals surface area contributed by atoms with Crippen LogP contribution in [-0.2, 0) is 0 Å². The number of halogens is 1. The molecule has 0 aliphatic carbocycles. The largest absolute Gasteiger partial charge is 0.397 e. The highest BCUT2D eigenvalue weighted by molar-refractivity contribution is 6.30. The van der Waals surface area contributed by atoms with Gasteiger partial charge in [-0.3, -0.25) is 4.79 Å². The first-order chi connectivity index (χ1) is 9.63. The van der Waals surface area contributed by atoms with Gasteiger partial charge in [0.25, 0.3) is 0 Å². The van der Waals surface area contributed by atoms with Crippen LogP contribution in [0.25, 0.3) is 5.70 Å². The Hall–Kier alpha value is -2.57. The maximum atomic E-state index is 12.3. The fourth-order valence-corrected chi connectivity index (χ4v) is 1.87.